The first-order valence-electron chi connectivity index (χ1n) is 20.3. The van der Waals surface area contributed by atoms with E-state index in [1.54, 1.807) is 0 Å². The van der Waals surface area contributed by atoms with Gasteiger partial charge in [0.2, 0.25) is 5.95 Å². The lowest BCUT2D eigenvalue weighted by molar-refractivity contribution is 0.952. The minimum absolute atomic E-state index is 0.512. The van der Waals surface area contributed by atoms with Crippen LogP contribution in [-0.2, 0) is 0 Å². The van der Waals surface area contributed by atoms with Gasteiger partial charge in [0, 0.05) is 55.2 Å². The lowest BCUT2D eigenvalue weighted by Gasteiger charge is -2.14. The molecular weight excluding hydrogens is 749 g/mol. The van der Waals surface area contributed by atoms with Gasteiger partial charge in [-0.1, -0.05) is 146 Å². The molecule has 12 aromatic rings. The van der Waals surface area contributed by atoms with E-state index in [9.17, 15) is 0 Å². The molecule has 61 heavy (non-hydrogen) atoms. The number of hydrogen-bond acceptors (Lipinski definition) is 5. The number of aromatic nitrogens is 8. The molecule has 8 nitrogen and oxygen atoms in total. The third-order valence-electron chi connectivity index (χ3n) is 11.4. The van der Waals surface area contributed by atoms with Crippen molar-refractivity contribution in [1.29, 1.82) is 0 Å². The van der Waals surface area contributed by atoms with Crippen molar-refractivity contribution in [2.45, 2.75) is 0 Å². The molecule has 0 fully saturated rings. The van der Waals surface area contributed by atoms with Crippen LogP contribution in [0.25, 0.3) is 106 Å². The highest BCUT2D eigenvalue weighted by atomic mass is 15.3. The Morgan fingerprint density at radius 1 is 0.311 bits per heavy atom. The molecule has 4 heterocycles. The number of hydrogen-bond donors (Lipinski definition) is 0. The van der Waals surface area contributed by atoms with Gasteiger partial charge in [-0.15, -0.1) is 10.2 Å². The Bertz CT molecular complexity index is 3510. The summed E-state index contributed by atoms with van der Waals surface area (Å²) in [6.07, 6.45) is 0. The first-order valence-corrected chi connectivity index (χ1v) is 20.3. The molecule has 286 valence electrons. The van der Waals surface area contributed by atoms with E-state index in [1.807, 2.05) is 66.7 Å². The highest BCUT2D eigenvalue weighted by molar-refractivity contribution is 6.13. The second kappa shape index (κ2) is 14.1. The van der Waals surface area contributed by atoms with Crippen LogP contribution >= 0.6 is 0 Å². The Balaban J connectivity index is 1.12. The Hall–Kier alpha value is -8.49. The third kappa shape index (κ3) is 5.65. The molecule has 0 spiro atoms. The molecule has 0 atom stereocenters. The average molecular weight is 783 g/mol. The largest absolute Gasteiger partial charge is 0.309 e. The monoisotopic (exact) mass is 782 g/mol. The highest BCUT2D eigenvalue weighted by Crippen LogP contribution is 2.40. The summed E-state index contributed by atoms with van der Waals surface area (Å²) < 4.78 is 6.66. The molecule has 0 amide bonds. The van der Waals surface area contributed by atoms with Gasteiger partial charge in [0.05, 0.1) is 22.1 Å². The summed E-state index contributed by atoms with van der Waals surface area (Å²) in [6, 6.07) is 71.0. The van der Waals surface area contributed by atoms with E-state index < -0.39 is 0 Å². The first kappa shape index (κ1) is 34.5. The highest BCUT2D eigenvalue weighted by Gasteiger charge is 2.25. The first-order chi connectivity index (χ1) is 30.3. The molecule has 8 aromatic carbocycles. The molecular formula is C53H34N8. The van der Waals surface area contributed by atoms with Crippen molar-refractivity contribution in [2.24, 2.45) is 0 Å². The maximum atomic E-state index is 5.21. The van der Waals surface area contributed by atoms with Gasteiger partial charge < -0.3 is 4.57 Å². The second-order valence-electron chi connectivity index (χ2n) is 15.0. The summed E-state index contributed by atoms with van der Waals surface area (Å²) in [5, 5.41) is 14.5. The minimum atomic E-state index is 0.512. The molecule has 0 bridgehead atoms. The van der Waals surface area contributed by atoms with Crippen molar-refractivity contribution >= 4 is 43.6 Å². The van der Waals surface area contributed by atoms with Gasteiger partial charge in [0.15, 0.2) is 23.3 Å². The van der Waals surface area contributed by atoms with Crippen LogP contribution in [0.15, 0.2) is 206 Å². The van der Waals surface area contributed by atoms with Crippen molar-refractivity contribution in [1.82, 2.24) is 38.9 Å². The van der Waals surface area contributed by atoms with E-state index in [4.69, 9.17) is 25.1 Å². The molecule has 0 aliphatic heterocycles. The summed E-state index contributed by atoms with van der Waals surface area (Å²) >= 11 is 0. The van der Waals surface area contributed by atoms with Crippen molar-refractivity contribution in [3.63, 3.8) is 0 Å². The number of nitrogens with zero attached hydrogens (tertiary/aromatic N) is 8. The van der Waals surface area contributed by atoms with Crippen molar-refractivity contribution in [3.8, 4) is 62.9 Å². The standard InChI is InChI=1S/C53H34N8/c1-5-18-35(19-6-1)49-54-50(36-20-7-2-8-21-36)56-53(55-49)61-46-31-16-13-26-40(46)42-28-17-29-43(48(42)61)52-58-57-51(60(52)39-24-11-4-12-25-39)37-32-33-47-44(34-37)41-27-14-15-30-45(41)59(47)38-22-9-3-10-23-38/h1-34H. The molecule has 0 unspecified atom stereocenters. The van der Waals surface area contributed by atoms with Gasteiger partial charge in [-0.05, 0) is 60.7 Å². The van der Waals surface area contributed by atoms with Crippen molar-refractivity contribution < 1.29 is 0 Å². The quantitative estimate of drug-likeness (QED) is 0.161. The number of fused-ring (bicyclic) bond motifs is 6. The van der Waals surface area contributed by atoms with Crippen LogP contribution in [0.5, 0.6) is 0 Å². The minimum Gasteiger partial charge on any atom is -0.309 e. The Morgan fingerprint density at radius 3 is 1.44 bits per heavy atom. The lowest BCUT2D eigenvalue weighted by atomic mass is 10.1. The Labute approximate surface area is 350 Å². The van der Waals surface area contributed by atoms with Crippen LogP contribution in [0.3, 0.4) is 0 Å². The van der Waals surface area contributed by atoms with E-state index in [1.165, 1.54) is 5.39 Å². The van der Waals surface area contributed by atoms with E-state index in [2.05, 4.69) is 153 Å². The molecule has 8 heteroatoms. The van der Waals surface area contributed by atoms with Gasteiger partial charge in [-0.2, -0.15) is 9.97 Å². The predicted octanol–water partition coefficient (Wildman–Crippen LogP) is 12.3. The van der Waals surface area contributed by atoms with Crippen molar-refractivity contribution in [2.75, 3.05) is 0 Å². The summed E-state index contributed by atoms with van der Waals surface area (Å²) in [5.41, 5.74) is 9.88. The molecule has 0 saturated heterocycles. The Morgan fingerprint density at radius 2 is 0.803 bits per heavy atom. The maximum absolute atomic E-state index is 5.21. The van der Waals surface area contributed by atoms with Crippen LogP contribution < -0.4 is 0 Å². The molecule has 0 aliphatic rings. The lowest BCUT2D eigenvalue weighted by Crippen LogP contribution is -2.07. The van der Waals surface area contributed by atoms with Crippen molar-refractivity contribution in [3.05, 3.63) is 206 Å². The van der Waals surface area contributed by atoms with Gasteiger partial charge in [-0.25, -0.2) is 4.98 Å². The fourth-order valence-corrected chi connectivity index (χ4v) is 8.74. The predicted molar refractivity (Wildman–Crippen MR) is 245 cm³/mol. The molecule has 0 aliphatic carbocycles. The molecule has 0 saturated carbocycles. The summed E-state index contributed by atoms with van der Waals surface area (Å²) in [7, 11) is 0. The average Bonchev–Trinajstić information content (AvgIpc) is 4.03. The molecule has 4 aromatic heterocycles. The van der Waals surface area contributed by atoms with Crippen LogP contribution in [0.2, 0.25) is 0 Å². The van der Waals surface area contributed by atoms with Gasteiger partial charge in [0.25, 0.3) is 0 Å². The van der Waals surface area contributed by atoms with Crippen LogP contribution in [0.1, 0.15) is 0 Å². The topological polar surface area (TPSA) is 79.2 Å². The van der Waals surface area contributed by atoms with Crippen LogP contribution in [0.4, 0.5) is 0 Å². The van der Waals surface area contributed by atoms with E-state index in [-0.39, 0.29) is 0 Å². The third-order valence-corrected chi connectivity index (χ3v) is 11.4. The Kier molecular flexibility index (Phi) is 7.99. The number of rotatable bonds is 7. The fraction of sp³-hybridized carbons (Fsp3) is 0. The SMILES string of the molecule is c1ccc(-c2nc(-c3ccccc3)nc(-n3c4ccccc4c4cccc(-c5nnc(-c6ccc7c(c6)c6ccccc6n7-c6ccccc6)n5-c5ccccc5)c43)n2)cc1. The summed E-state index contributed by atoms with van der Waals surface area (Å²) in [6.45, 7) is 0. The van der Waals surface area contributed by atoms with Gasteiger partial charge >= 0.3 is 0 Å². The van der Waals surface area contributed by atoms with Gasteiger partial charge in [0.1, 0.15) is 0 Å². The smallest absolute Gasteiger partial charge is 0.238 e. The zero-order valence-corrected chi connectivity index (χ0v) is 32.7. The molecule has 12 rings (SSSR count). The second-order valence-corrected chi connectivity index (χ2v) is 15.0. The summed E-state index contributed by atoms with van der Waals surface area (Å²) in [4.78, 5) is 15.4. The zero-order valence-electron chi connectivity index (χ0n) is 32.7. The number of benzene rings is 8. The fourth-order valence-electron chi connectivity index (χ4n) is 8.74. The molecule has 0 N–H and O–H groups in total. The number of para-hydroxylation sites is 5. The van der Waals surface area contributed by atoms with Gasteiger partial charge in [-0.3, -0.25) is 9.13 Å². The normalized spacial score (nSPS) is 11.6. The van der Waals surface area contributed by atoms with E-state index in [0.717, 1.165) is 77.7 Å². The zero-order chi connectivity index (χ0) is 40.3. The molecule has 0 radical (unpaired) electrons. The maximum Gasteiger partial charge on any atom is 0.238 e. The summed E-state index contributed by atoms with van der Waals surface area (Å²) in [5.74, 6) is 3.12. The van der Waals surface area contributed by atoms with E-state index in [0.29, 0.717) is 23.4 Å². The van der Waals surface area contributed by atoms with Crippen LogP contribution in [0, 0.1) is 0 Å². The van der Waals surface area contributed by atoms with Crippen LogP contribution in [-0.4, -0.2) is 38.9 Å². The van der Waals surface area contributed by atoms with E-state index >= 15 is 0 Å².